The maximum atomic E-state index is 5.41. The maximum Gasteiger partial charge on any atom is 0.244 e. The van der Waals surface area contributed by atoms with Gasteiger partial charge in [-0.3, -0.25) is 0 Å². The van der Waals surface area contributed by atoms with E-state index in [1.54, 1.807) is 11.3 Å². The fourth-order valence-electron chi connectivity index (χ4n) is 1.14. The highest BCUT2D eigenvalue weighted by atomic mass is 32.1. The second-order valence-electron chi connectivity index (χ2n) is 2.97. The van der Waals surface area contributed by atoms with Crippen molar-refractivity contribution >= 4 is 23.2 Å². The van der Waals surface area contributed by atoms with Gasteiger partial charge in [-0.25, -0.2) is 5.10 Å². The Hall–Kier alpha value is -1.56. The first kappa shape index (κ1) is 9.01. The van der Waals surface area contributed by atoms with Crippen LogP contribution in [0.15, 0.2) is 16.8 Å². The number of H-pyrrole nitrogens is 1. The monoisotopic (exact) mass is 209 g/mol. The van der Waals surface area contributed by atoms with Gasteiger partial charge in [0.05, 0.1) is 6.04 Å². The zero-order valence-corrected chi connectivity index (χ0v) is 8.51. The first-order valence-electron chi connectivity index (χ1n) is 4.22. The predicted octanol–water partition coefficient (Wildman–Crippen LogP) is 1.62. The van der Waals surface area contributed by atoms with Gasteiger partial charge in [-0.2, -0.15) is 16.3 Å². The van der Waals surface area contributed by atoms with Crippen LogP contribution in [0.2, 0.25) is 0 Å². The molecule has 0 amide bonds. The average Bonchev–Trinajstić information content (AvgIpc) is 2.75. The molecule has 0 spiro atoms. The lowest BCUT2D eigenvalue weighted by Gasteiger charge is -2.09. The van der Waals surface area contributed by atoms with Crippen molar-refractivity contribution in [3.8, 4) is 0 Å². The van der Waals surface area contributed by atoms with Gasteiger partial charge in [0.2, 0.25) is 11.9 Å². The first-order valence-corrected chi connectivity index (χ1v) is 5.16. The molecule has 0 aliphatic carbocycles. The lowest BCUT2D eigenvalue weighted by atomic mass is 10.2. The zero-order valence-electron chi connectivity index (χ0n) is 7.69. The molecule has 0 saturated heterocycles. The van der Waals surface area contributed by atoms with Gasteiger partial charge in [0.1, 0.15) is 0 Å². The van der Waals surface area contributed by atoms with Crippen molar-refractivity contribution in [1.82, 2.24) is 15.2 Å². The van der Waals surface area contributed by atoms with Crippen LogP contribution in [0.1, 0.15) is 18.5 Å². The number of hydrogen-bond donors (Lipinski definition) is 3. The van der Waals surface area contributed by atoms with Gasteiger partial charge in [0.25, 0.3) is 0 Å². The third-order valence-corrected chi connectivity index (χ3v) is 2.59. The van der Waals surface area contributed by atoms with E-state index in [1.165, 1.54) is 5.56 Å². The van der Waals surface area contributed by atoms with E-state index in [-0.39, 0.29) is 6.04 Å². The third-order valence-electron chi connectivity index (χ3n) is 1.89. The van der Waals surface area contributed by atoms with Crippen LogP contribution in [0.25, 0.3) is 0 Å². The van der Waals surface area contributed by atoms with Crippen LogP contribution in [-0.2, 0) is 0 Å². The van der Waals surface area contributed by atoms with Crippen LogP contribution in [-0.4, -0.2) is 15.2 Å². The fourth-order valence-corrected chi connectivity index (χ4v) is 1.89. The second-order valence-corrected chi connectivity index (χ2v) is 3.75. The summed E-state index contributed by atoms with van der Waals surface area (Å²) in [6, 6.07) is 2.26. The molecule has 0 aliphatic rings. The van der Waals surface area contributed by atoms with Gasteiger partial charge in [0, 0.05) is 0 Å². The van der Waals surface area contributed by atoms with Gasteiger partial charge in [-0.05, 0) is 29.3 Å². The van der Waals surface area contributed by atoms with Gasteiger partial charge in [0.15, 0.2) is 0 Å². The number of aromatic amines is 1. The number of anilines is 2. The molecule has 14 heavy (non-hydrogen) atoms. The summed E-state index contributed by atoms with van der Waals surface area (Å²) in [7, 11) is 0. The highest BCUT2D eigenvalue weighted by molar-refractivity contribution is 7.07. The molecule has 6 heteroatoms. The summed E-state index contributed by atoms with van der Waals surface area (Å²) in [6.45, 7) is 2.05. The van der Waals surface area contributed by atoms with Crippen LogP contribution < -0.4 is 11.1 Å². The molecular formula is C8H11N5S. The molecule has 0 bridgehead atoms. The number of nitrogens with one attached hydrogen (secondary N) is 2. The summed E-state index contributed by atoms with van der Waals surface area (Å²) in [4.78, 5) is 3.96. The lowest BCUT2D eigenvalue weighted by Crippen LogP contribution is -2.06. The summed E-state index contributed by atoms with van der Waals surface area (Å²) in [6.07, 6.45) is 0. The van der Waals surface area contributed by atoms with Crippen molar-refractivity contribution in [2.24, 2.45) is 0 Å². The van der Waals surface area contributed by atoms with E-state index in [2.05, 4.69) is 38.9 Å². The van der Waals surface area contributed by atoms with E-state index in [4.69, 9.17) is 5.73 Å². The van der Waals surface area contributed by atoms with Crippen molar-refractivity contribution in [1.29, 1.82) is 0 Å². The molecule has 2 heterocycles. The van der Waals surface area contributed by atoms with Crippen LogP contribution >= 0.6 is 11.3 Å². The van der Waals surface area contributed by atoms with E-state index in [1.807, 2.05) is 5.38 Å². The Labute approximate surface area is 85.4 Å². The summed E-state index contributed by atoms with van der Waals surface area (Å²) in [5.41, 5.74) is 6.63. The van der Waals surface area contributed by atoms with Crippen LogP contribution in [0, 0.1) is 0 Å². The summed E-state index contributed by atoms with van der Waals surface area (Å²) in [5, 5.41) is 13.7. The predicted molar refractivity (Wildman–Crippen MR) is 57.2 cm³/mol. The Morgan fingerprint density at radius 3 is 3.07 bits per heavy atom. The summed E-state index contributed by atoms with van der Waals surface area (Å²) >= 11 is 1.67. The minimum Gasteiger partial charge on any atom is -0.368 e. The quantitative estimate of drug-likeness (QED) is 0.717. The van der Waals surface area contributed by atoms with Gasteiger partial charge in [-0.1, -0.05) is 0 Å². The molecule has 1 unspecified atom stereocenters. The molecule has 0 fully saturated rings. The molecule has 1 atom stereocenters. The summed E-state index contributed by atoms with van der Waals surface area (Å²) < 4.78 is 0. The molecule has 2 rings (SSSR count). The fraction of sp³-hybridized carbons (Fsp3) is 0.250. The Bertz CT molecular complexity index is 394. The molecular weight excluding hydrogens is 198 g/mol. The first-order chi connectivity index (χ1) is 6.75. The highest BCUT2D eigenvalue weighted by Crippen LogP contribution is 2.18. The van der Waals surface area contributed by atoms with E-state index in [0.29, 0.717) is 11.9 Å². The molecule has 2 aromatic heterocycles. The number of nitrogens with zero attached hydrogens (tertiary/aromatic N) is 2. The van der Waals surface area contributed by atoms with E-state index >= 15 is 0 Å². The Morgan fingerprint density at radius 1 is 1.64 bits per heavy atom. The third kappa shape index (κ3) is 1.85. The van der Waals surface area contributed by atoms with Crippen molar-refractivity contribution in [3.63, 3.8) is 0 Å². The van der Waals surface area contributed by atoms with Gasteiger partial charge in [-0.15, -0.1) is 5.10 Å². The topological polar surface area (TPSA) is 79.6 Å². The normalized spacial score (nSPS) is 12.6. The number of nitrogen functional groups attached to an aromatic ring is 1. The van der Waals surface area contributed by atoms with Crippen LogP contribution in [0.5, 0.6) is 0 Å². The Balaban J connectivity index is 2.05. The SMILES string of the molecule is CC(Nc1n[nH]c(N)n1)c1ccsc1. The molecule has 0 radical (unpaired) electrons. The minimum atomic E-state index is 0.191. The minimum absolute atomic E-state index is 0.191. The van der Waals surface area contributed by atoms with Crippen LogP contribution in [0.4, 0.5) is 11.9 Å². The van der Waals surface area contributed by atoms with Crippen molar-refractivity contribution < 1.29 is 0 Å². The number of aromatic nitrogens is 3. The van der Waals surface area contributed by atoms with Crippen LogP contribution in [0.3, 0.4) is 0 Å². The largest absolute Gasteiger partial charge is 0.368 e. The average molecular weight is 209 g/mol. The van der Waals surface area contributed by atoms with Crippen molar-refractivity contribution in [3.05, 3.63) is 22.4 Å². The van der Waals surface area contributed by atoms with E-state index < -0.39 is 0 Å². The molecule has 5 nitrogen and oxygen atoms in total. The maximum absolute atomic E-state index is 5.41. The molecule has 4 N–H and O–H groups in total. The van der Waals surface area contributed by atoms with E-state index in [0.717, 1.165) is 0 Å². The lowest BCUT2D eigenvalue weighted by molar-refractivity contribution is 0.867. The molecule has 0 saturated carbocycles. The van der Waals surface area contributed by atoms with Crippen molar-refractivity contribution in [2.45, 2.75) is 13.0 Å². The summed E-state index contributed by atoms with van der Waals surface area (Å²) in [5.74, 6) is 0.853. The Kier molecular flexibility index (Phi) is 2.36. The number of nitrogens with two attached hydrogens (primary N) is 1. The second kappa shape index (κ2) is 3.67. The Morgan fingerprint density at radius 2 is 2.50 bits per heavy atom. The number of rotatable bonds is 3. The van der Waals surface area contributed by atoms with E-state index in [9.17, 15) is 0 Å². The standard InChI is InChI=1S/C8H11N5S/c1-5(6-2-3-14-4-6)10-8-11-7(9)12-13-8/h2-5H,1H3,(H4,9,10,11,12,13). The smallest absolute Gasteiger partial charge is 0.244 e. The van der Waals surface area contributed by atoms with Gasteiger partial charge >= 0.3 is 0 Å². The molecule has 0 aliphatic heterocycles. The molecule has 0 aromatic carbocycles. The highest BCUT2D eigenvalue weighted by Gasteiger charge is 2.07. The number of thiophene rings is 1. The molecule has 74 valence electrons. The molecule has 2 aromatic rings. The zero-order chi connectivity index (χ0) is 9.97. The number of hydrogen-bond acceptors (Lipinski definition) is 5. The van der Waals surface area contributed by atoms with Gasteiger partial charge < -0.3 is 11.1 Å². The van der Waals surface area contributed by atoms with Crippen molar-refractivity contribution in [2.75, 3.05) is 11.1 Å².